The van der Waals surface area contributed by atoms with Crippen LogP contribution in [-0.2, 0) is 9.53 Å². The maximum absolute atomic E-state index is 11.2. The monoisotopic (exact) mass is 264 g/mol. The second kappa shape index (κ2) is 6.03. The van der Waals surface area contributed by atoms with Gasteiger partial charge in [-0.3, -0.25) is 4.79 Å². The molecule has 7 nitrogen and oxygen atoms in total. The second-order valence-corrected chi connectivity index (χ2v) is 4.00. The highest BCUT2D eigenvalue weighted by Crippen LogP contribution is 2.24. The molecule has 7 heteroatoms. The Morgan fingerprint density at radius 3 is 3.00 bits per heavy atom. The van der Waals surface area contributed by atoms with Crippen LogP contribution in [-0.4, -0.2) is 29.4 Å². The summed E-state index contributed by atoms with van der Waals surface area (Å²) in [7, 11) is 0. The summed E-state index contributed by atoms with van der Waals surface area (Å²) in [5.74, 6) is -0.185. The van der Waals surface area contributed by atoms with Gasteiger partial charge in [0.25, 0.3) is 0 Å². The highest BCUT2D eigenvalue weighted by molar-refractivity contribution is 5.94. The molecule has 0 spiro atoms. The highest BCUT2D eigenvalue weighted by Gasteiger charge is 2.09. The maximum atomic E-state index is 11.2. The van der Waals surface area contributed by atoms with E-state index in [2.05, 4.69) is 20.3 Å². The number of carbonyl (C=O) groups is 1. The molecule has 0 aliphatic heterocycles. The molecule has 0 aliphatic carbocycles. The van der Waals surface area contributed by atoms with Crippen molar-refractivity contribution in [3.8, 4) is 0 Å². The Labute approximate surface area is 110 Å². The summed E-state index contributed by atoms with van der Waals surface area (Å²) in [5.41, 5.74) is 8.18. The molecule has 1 heterocycles. The number of anilines is 2. The predicted molar refractivity (Wildman–Crippen MR) is 70.6 cm³/mol. The van der Waals surface area contributed by atoms with Crippen LogP contribution in [0.25, 0.3) is 11.0 Å². The number of nitrogens with two attached hydrogens (primary N) is 1. The minimum absolute atomic E-state index is 0.185. The number of carbonyl (C=O) groups excluding carboxylic acids is 1. The molecule has 0 radical (unpaired) electrons. The average molecular weight is 264 g/mol. The highest BCUT2D eigenvalue weighted by atomic mass is 16.6. The van der Waals surface area contributed by atoms with Crippen molar-refractivity contribution in [2.75, 3.05) is 24.2 Å². The van der Waals surface area contributed by atoms with E-state index in [-0.39, 0.29) is 5.97 Å². The summed E-state index contributed by atoms with van der Waals surface area (Å²) < 4.78 is 9.52. The predicted octanol–water partition coefficient (Wildman–Crippen LogP) is 1.56. The number of aromatic nitrogens is 2. The topological polar surface area (TPSA) is 103 Å². The van der Waals surface area contributed by atoms with Gasteiger partial charge in [-0.05, 0) is 35.8 Å². The van der Waals surface area contributed by atoms with Crippen molar-refractivity contribution in [2.45, 2.75) is 19.8 Å². The molecule has 0 fully saturated rings. The molecule has 0 bridgehead atoms. The van der Waals surface area contributed by atoms with Crippen LogP contribution in [0.3, 0.4) is 0 Å². The second-order valence-electron chi connectivity index (χ2n) is 4.00. The molecule has 2 aromatic rings. The van der Waals surface area contributed by atoms with Crippen LogP contribution >= 0.6 is 0 Å². The lowest BCUT2D eigenvalue weighted by atomic mass is 10.2. The Morgan fingerprint density at radius 1 is 1.42 bits per heavy atom. The van der Waals surface area contributed by atoms with E-state index in [0.29, 0.717) is 42.7 Å². The Bertz CT molecular complexity index is 567. The molecular formula is C12H16N4O3. The number of fused-ring (bicyclic) bond motifs is 1. The van der Waals surface area contributed by atoms with Crippen LogP contribution in [0.1, 0.15) is 19.8 Å². The zero-order valence-electron chi connectivity index (χ0n) is 10.7. The Hall–Kier alpha value is -2.31. The van der Waals surface area contributed by atoms with Gasteiger partial charge in [-0.2, -0.15) is 0 Å². The van der Waals surface area contributed by atoms with Crippen molar-refractivity contribution in [1.82, 2.24) is 10.3 Å². The molecule has 1 aromatic heterocycles. The number of nitrogens with zero attached hydrogens (tertiary/aromatic N) is 2. The van der Waals surface area contributed by atoms with Gasteiger partial charge in [0.05, 0.1) is 18.0 Å². The molecule has 2 rings (SSSR count). The van der Waals surface area contributed by atoms with E-state index in [1.807, 2.05) is 6.07 Å². The number of hydrogen-bond donors (Lipinski definition) is 2. The van der Waals surface area contributed by atoms with Crippen molar-refractivity contribution in [1.29, 1.82) is 0 Å². The fourth-order valence-electron chi connectivity index (χ4n) is 1.72. The number of nitrogens with one attached hydrogen (secondary N) is 1. The molecule has 19 heavy (non-hydrogen) atoms. The molecule has 3 N–H and O–H groups in total. The Kier molecular flexibility index (Phi) is 4.17. The first-order valence-electron chi connectivity index (χ1n) is 6.12. The van der Waals surface area contributed by atoms with Crippen LogP contribution in [0, 0.1) is 0 Å². The third-order valence-electron chi connectivity index (χ3n) is 2.63. The van der Waals surface area contributed by atoms with E-state index in [9.17, 15) is 4.79 Å². The Morgan fingerprint density at radius 2 is 2.21 bits per heavy atom. The van der Waals surface area contributed by atoms with Gasteiger partial charge in [-0.15, -0.1) is 0 Å². The first-order valence-corrected chi connectivity index (χ1v) is 6.12. The molecular weight excluding hydrogens is 248 g/mol. The minimum atomic E-state index is -0.185. The molecule has 0 amide bonds. The number of ether oxygens (including phenoxy) is 1. The minimum Gasteiger partial charge on any atom is -0.466 e. The summed E-state index contributed by atoms with van der Waals surface area (Å²) in [6.45, 7) is 2.83. The summed E-state index contributed by atoms with van der Waals surface area (Å²) in [5, 5.41) is 10.7. The van der Waals surface area contributed by atoms with Gasteiger partial charge in [0, 0.05) is 13.0 Å². The van der Waals surface area contributed by atoms with Crippen molar-refractivity contribution in [3.05, 3.63) is 12.1 Å². The van der Waals surface area contributed by atoms with E-state index in [0.717, 1.165) is 5.69 Å². The van der Waals surface area contributed by atoms with Gasteiger partial charge in [-0.25, -0.2) is 4.63 Å². The molecule has 0 saturated heterocycles. The van der Waals surface area contributed by atoms with Crippen molar-refractivity contribution >= 4 is 28.4 Å². The smallest absolute Gasteiger partial charge is 0.305 e. The van der Waals surface area contributed by atoms with Crippen LogP contribution in [0.15, 0.2) is 16.8 Å². The van der Waals surface area contributed by atoms with Gasteiger partial charge in [0.15, 0.2) is 11.0 Å². The van der Waals surface area contributed by atoms with E-state index in [4.69, 9.17) is 10.5 Å². The third-order valence-corrected chi connectivity index (χ3v) is 2.63. The maximum Gasteiger partial charge on any atom is 0.305 e. The van der Waals surface area contributed by atoms with Crippen molar-refractivity contribution in [3.63, 3.8) is 0 Å². The van der Waals surface area contributed by atoms with E-state index in [1.165, 1.54) is 0 Å². The summed E-state index contributed by atoms with van der Waals surface area (Å²) in [6.07, 6.45) is 1.06. The number of benzene rings is 1. The lowest BCUT2D eigenvalue weighted by Crippen LogP contribution is -2.08. The lowest BCUT2D eigenvalue weighted by molar-refractivity contribution is -0.143. The van der Waals surface area contributed by atoms with Crippen LogP contribution in [0.4, 0.5) is 11.4 Å². The van der Waals surface area contributed by atoms with Crippen LogP contribution < -0.4 is 11.1 Å². The van der Waals surface area contributed by atoms with Gasteiger partial charge in [0.1, 0.15) is 0 Å². The fraction of sp³-hybridized carbons (Fsp3) is 0.417. The Balaban J connectivity index is 1.90. The molecule has 102 valence electrons. The third kappa shape index (κ3) is 3.12. The van der Waals surface area contributed by atoms with Crippen molar-refractivity contribution in [2.24, 2.45) is 0 Å². The summed E-state index contributed by atoms with van der Waals surface area (Å²) in [6, 6.07) is 3.55. The van der Waals surface area contributed by atoms with Gasteiger partial charge < -0.3 is 15.8 Å². The fourth-order valence-corrected chi connectivity index (χ4v) is 1.72. The summed E-state index contributed by atoms with van der Waals surface area (Å²) in [4.78, 5) is 11.2. The SMILES string of the molecule is CCOC(=O)CCCNc1ccc(N)c2nonc12. The number of esters is 1. The van der Waals surface area contributed by atoms with E-state index >= 15 is 0 Å². The lowest BCUT2D eigenvalue weighted by Gasteiger charge is -2.06. The molecule has 0 aliphatic rings. The zero-order chi connectivity index (χ0) is 13.7. The standard InChI is InChI=1S/C12H16N4O3/c1-2-18-10(17)4-3-7-14-9-6-5-8(13)11-12(9)16-19-15-11/h5-6,14H,2-4,7,13H2,1H3. The van der Waals surface area contributed by atoms with Crippen LogP contribution in [0.5, 0.6) is 0 Å². The van der Waals surface area contributed by atoms with Gasteiger partial charge in [-0.1, -0.05) is 0 Å². The quantitative estimate of drug-likeness (QED) is 0.463. The molecule has 0 saturated carbocycles. The molecule has 0 unspecified atom stereocenters. The van der Waals surface area contributed by atoms with E-state index in [1.54, 1.807) is 13.0 Å². The average Bonchev–Trinajstić information content (AvgIpc) is 2.87. The summed E-state index contributed by atoms with van der Waals surface area (Å²) >= 11 is 0. The first-order chi connectivity index (χ1) is 9.22. The van der Waals surface area contributed by atoms with Gasteiger partial charge in [0.2, 0.25) is 0 Å². The van der Waals surface area contributed by atoms with Crippen molar-refractivity contribution < 1.29 is 14.2 Å². The first kappa shape index (κ1) is 13.1. The normalized spacial score (nSPS) is 10.6. The number of nitrogen functional groups attached to an aromatic ring is 1. The van der Waals surface area contributed by atoms with Gasteiger partial charge >= 0.3 is 5.97 Å². The largest absolute Gasteiger partial charge is 0.466 e. The molecule has 1 aromatic carbocycles. The number of hydrogen-bond acceptors (Lipinski definition) is 7. The van der Waals surface area contributed by atoms with Crippen LogP contribution in [0.2, 0.25) is 0 Å². The number of rotatable bonds is 6. The molecule has 0 atom stereocenters. The van der Waals surface area contributed by atoms with E-state index < -0.39 is 0 Å². The zero-order valence-corrected chi connectivity index (χ0v) is 10.7.